The van der Waals surface area contributed by atoms with E-state index in [1.54, 1.807) is 24.3 Å². The number of hydrogen-bond donors (Lipinski definition) is 2. The van der Waals surface area contributed by atoms with Gasteiger partial charge in [-0.15, -0.1) is 0 Å². The maximum Gasteiger partial charge on any atom is 0.326 e. The van der Waals surface area contributed by atoms with Crippen LogP contribution in [0.5, 0.6) is 5.75 Å². The lowest BCUT2D eigenvalue weighted by Gasteiger charge is -2.19. The Hall–Kier alpha value is -3.09. The SMILES string of the molecule is COc1ccc(NC(C)=O)cc1NC(=O)N1CCc2ccc(F)cc21. The molecule has 0 radical (unpaired) electrons. The molecule has 130 valence electrons. The number of carbonyl (C=O) groups is 2. The lowest BCUT2D eigenvalue weighted by Crippen LogP contribution is -2.33. The second-order valence-electron chi connectivity index (χ2n) is 5.70. The Labute approximate surface area is 144 Å². The molecule has 25 heavy (non-hydrogen) atoms. The number of methoxy groups -OCH3 is 1. The van der Waals surface area contributed by atoms with Crippen molar-refractivity contribution in [2.75, 3.05) is 29.2 Å². The van der Waals surface area contributed by atoms with Crippen LogP contribution in [0.3, 0.4) is 0 Å². The largest absolute Gasteiger partial charge is 0.495 e. The second-order valence-corrected chi connectivity index (χ2v) is 5.70. The number of hydrogen-bond acceptors (Lipinski definition) is 3. The second kappa shape index (κ2) is 6.80. The van der Waals surface area contributed by atoms with Gasteiger partial charge in [-0.25, -0.2) is 9.18 Å². The zero-order chi connectivity index (χ0) is 18.0. The van der Waals surface area contributed by atoms with Crippen LogP contribution in [-0.4, -0.2) is 25.6 Å². The maximum atomic E-state index is 13.5. The van der Waals surface area contributed by atoms with Crippen LogP contribution < -0.4 is 20.3 Å². The standard InChI is InChI=1S/C18H18FN3O3/c1-11(23)20-14-5-6-17(25-2)15(10-14)21-18(24)22-8-7-12-3-4-13(19)9-16(12)22/h3-6,9-10H,7-8H2,1-2H3,(H,20,23)(H,21,24). The molecule has 0 fully saturated rings. The van der Waals surface area contributed by atoms with E-state index in [4.69, 9.17) is 4.74 Å². The van der Waals surface area contributed by atoms with E-state index < -0.39 is 0 Å². The molecule has 7 heteroatoms. The van der Waals surface area contributed by atoms with E-state index in [0.29, 0.717) is 35.8 Å². The highest BCUT2D eigenvalue weighted by molar-refractivity contribution is 6.04. The number of nitrogens with zero attached hydrogens (tertiary/aromatic N) is 1. The van der Waals surface area contributed by atoms with Crippen LogP contribution in [0.15, 0.2) is 36.4 Å². The first kappa shape index (κ1) is 16.8. The summed E-state index contributed by atoms with van der Waals surface area (Å²) in [5.41, 5.74) is 2.45. The predicted molar refractivity (Wildman–Crippen MR) is 93.8 cm³/mol. The highest BCUT2D eigenvalue weighted by Gasteiger charge is 2.25. The van der Waals surface area contributed by atoms with Crippen molar-refractivity contribution in [3.63, 3.8) is 0 Å². The van der Waals surface area contributed by atoms with Crippen LogP contribution in [0.2, 0.25) is 0 Å². The topological polar surface area (TPSA) is 70.7 Å². The summed E-state index contributed by atoms with van der Waals surface area (Å²) in [6.45, 7) is 1.87. The molecule has 6 nitrogen and oxygen atoms in total. The molecule has 0 aliphatic carbocycles. The number of halogens is 1. The summed E-state index contributed by atoms with van der Waals surface area (Å²) in [6, 6.07) is 8.99. The van der Waals surface area contributed by atoms with Crippen LogP contribution in [0.1, 0.15) is 12.5 Å². The van der Waals surface area contributed by atoms with Gasteiger partial charge in [-0.2, -0.15) is 0 Å². The predicted octanol–water partition coefficient (Wildman–Crippen LogP) is 3.39. The molecule has 1 aliphatic heterocycles. The number of urea groups is 1. The lowest BCUT2D eigenvalue weighted by atomic mass is 10.2. The highest BCUT2D eigenvalue weighted by atomic mass is 19.1. The van der Waals surface area contributed by atoms with E-state index >= 15 is 0 Å². The monoisotopic (exact) mass is 343 g/mol. The summed E-state index contributed by atoms with van der Waals surface area (Å²) in [5.74, 6) is -0.142. The van der Waals surface area contributed by atoms with Gasteiger partial charge in [0.05, 0.1) is 18.5 Å². The summed E-state index contributed by atoms with van der Waals surface area (Å²) >= 11 is 0. The normalized spacial score (nSPS) is 12.5. The van der Waals surface area contributed by atoms with Crippen LogP contribution in [0, 0.1) is 5.82 Å². The molecule has 3 rings (SSSR count). The Morgan fingerprint density at radius 3 is 2.68 bits per heavy atom. The molecule has 1 heterocycles. The molecule has 0 saturated heterocycles. The van der Waals surface area contributed by atoms with E-state index in [2.05, 4.69) is 10.6 Å². The van der Waals surface area contributed by atoms with Gasteiger partial charge in [-0.05, 0) is 42.3 Å². The van der Waals surface area contributed by atoms with Gasteiger partial charge in [-0.1, -0.05) is 6.07 Å². The summed E-state index contributed by atoms with van der Waals surface area (Å²) in [4.78, 5) is 25.3. The molecule has 0 atom stereocenters. The molecule has 2 N–H and O–H groups in total. The lowest BCUT2D eigenvalue weighted by molar-refractivity contribution is -0.114. The smallest absolute Gasteiger partial charge is 0.326 e. The van der Waals surface area contributed by atoms with Crippen LogP contribution in [0.25, 0.3) is 0 Å². The van der Waals surface area contributed by atoms with Crippen molar-refractivity contribution in [3.05, 3.63) is 47.8 Å². The van der Waals surface area contributed by atoms with E-state index in [1.807, 2.05) is 0 Å². The van der Waals surface area contributed by atoms with Crippen molar-refractivity contribution < 1.29 is 18.7 Å². The fourth-order valence-corrected chi connectivity index (χ4v) is 2.83. The first-order valence-corrected chi connectivity index (χ1v) is 7.80. The molecule has 0 aromatic heterocycles. The first-order valence-electron chi connectivity index (χ1n) is 7.80. The minimum absolute atomic E-state index is 0.216. The van der Waals surface area contributed by atoms with Gasteiger partial charge in [0.15, 0.2) is 0 Å². The Morgan fingerprint density at radius 1 is 1.16 bits per heavy atom. The average Bonchev–Trinajstić information content (AvgIpc) is 2.97. The molecule has 0 saturated carbocycles. The number of benzene rings is 2. The average molecular weight is 343 g/mol. The number of amides is 3. The molecule has 0 bridgehead atoms. The van der Waals surface area contributed by atoms with Gasteiger partial charge in [0.2, 0.25) is 5.91 Å². The van der Waals surface area contributed by atoms with Crippen molar-refractivity contribution >= 4 is 29.0 Å². The van der Waals surface area contributed by atoms with Crippen molar-refractivity contribution in [1.82, 2.24) is 0 Å². The van der Waals surface area contributed by atoms with E-state index in [0.717, 1.165) is 5.56 Å². The van der Waals surface area contributed by atoms with E-state index in [1.165, 1.54) is 31.1 Å². The molecule has 2 aromatic rings. The number of ether oxygens (including phenoxy) is 1. The summed E-state index contributed by atoms with van der Waals surface area (Å²) in [5, 5.41) is 5.42. The van der Waals surface area contributed by atoms with Gasteiger partial charge >= 0.3 is 6.03 Å². The maximum absolute atomic E-state index is 13.5. The molecule has 0 unspecified atom stereocenters. The van der Waals surface area contributed by atoms with Gasteiger partial charge in [0, 0.05) is 19.2 Å². The van der Waals surface area contributed by atoms with Crippen molar-refractivity contribution in [2.24, 2.45) is 0 Å². The molecule has 3 amide bonds. The first-order chi connectivity index (χ1) is 12.0. The third-order valence-electron chi connectivity index (χ3n) is 3.95. The number of nitrogens with one attached hydrogen (secondary N) is 2. The van der Waals surface area contributed by atoms with Gasteiger partial charge in [0.1, 0.15) is 11.6 Å². The summed E-state index contributed by atoms with van der Waals surface area (Å²) in [6.07, 6.45) is 0.673. The van der Waals surface area contributed by atoms with E-state index in [9.17, 15) is 14.0 Å². The fraction of sp³-hybridized carbons (Fsp3) is 0.222. The van der Waals surface area contributed by atoms with Gasteiger partial charge in [0.25, 0.3) is 0 Å². The Kier molecular flexibility index (Phi) is 4.56. The zero-order valence-corrected chi connectivity index (χ0v) is 13.9. The third kappa shape index (κ3) is 3.55. The van der Waals surface area contributed by atoms with Crippen molar-refractivity contribution in [1.29, 1.82) is 0 Å². The molecule has 0 spiro atoms. The number of anilines is 3. The number of fused-ring (bicyclic) bond motifs is 1. The van der Waals surface area contributed by atoms with E-state index in [-0.39, 0.29) is 17.8 Å². The Morgan fingerprint density at radius 2 is 1.96 bits per heavy atom. The zero-order valence-electron chi connectivity index (χ0n) is 13.9. The van der Waals surface area contributed by atoms with Gasteiger partial charge < -0.3 is 15.4 Å². The highest BCUT2D eigenvalue weighted by Crippen LogP contribution is 2.32. The van der Waals surface area contributed by atoms with Crippen molar-refractivity contribution in [2.45, 2.75) is 13.3 Å². The van der Waals surface area contributed by atoms with Gasteiger partial charge in [-0.3, -0.25) is 9.69 Å². The number of rotatable bonds is 3. The molecule has 2 aromatic carbocycles. The molecule has 1 aliphatic rings. The quantitative estimate of drug-likeness (QED) is 0.897. The van der Waals surface area contributed by atoms with Crippen LogP contribution >= 0.6 is 0 Å². The fourth-order valence-electron chi connectivity index (χ4n) is 2.83. The van der Waals surface area contributed by atoms with Crippen molar-refractivity contribution in [3.8, 4) is 5.75 Å². The summed E-state index contributed by atoms with van der Waals surface area (Å²) in [7, 11) is 1.49. The Balaban J connectivity index is 1.84. The molecular weight excluding hydrogens is 325 g/mol. The minimum Gasteiger partial charge on any atom is -0.495 e. The number of carbonyl (C=O) groups excluding carboxylic acids is 2. The minimum atomic E-state index is -0.386. The molecular formula is C18H18FN3O3. The Bertz CT molecular complexity index is 838. The summed E-state index contributed by atoms with van der Waals surface area (Å²) < 4.78 is 18.8. The van der Waals surface area contributed by atoms with Crippen LogP contribution in [0.4, 0.5) is 26.2 Å². The third-order valence-corrected chi connectivity index (χ3v) is 3.95. The van der Waals surface area contributed by atoms with Crippen LogP contribution in [-0.2, 0) is 11.2 Å².